The number of anilines is 1. The van der Waals surface area contributed by atoms with E-state index in [0.717, 1.165) is 29.1 Å². The van der Waals surface area contributed by atoms with Crippen LogP contribution in [0.1, 0.15) is 56.9 Å². The number of fused-ring (bicyclic) bond motifs is 1. The SMILES string of the molecule is COc1ccc2c(c1)/C(=C/C1CNC(C3CCCCCCCC3)N1)C(=O)N2. The van der Waals surface area contributed by atoms with Crippen LogP contribution in [0.4, 0.5) is 5.69 Å². The summed E-state index contributed by atoms with van der Waals surface area (Å²) < 4.78 is 5.33. The van der Waals surface area contributed by atoms with Crippen molar-refractivity contribution < 1.29 is 9.53 Å². The van der Waals surface area contributed by atoms with Crippen LogP contribution in [0, 0.1) is 5.92 Å². The summed E-state index contributed by atoms with van der Waals surface area (Å²) in [6.45, 7) is 0.872. The van der Waals surface area contributed by atoms with Crippen molar-refractivity contribution in [3.05, 3.63) is 29.8 Å². The number of hydrogen-bond acceptors (Lipinski definition) is 4. The fraction of sp³-hybridized carbons (Fsp3) is 0.591. The minimum Gasteiger partial charge on any atom is -0.497 e. The first kappa shape index (κ1) is 18.5. The largest absolute Gasteiger partial charge is 0.497 e. The Morgan fingerprint density at radius 3 is 2.56 bits per heavy atom. The normalized spacial score (nSPS) is 28.3. The quantitative estimate of drug-likeness (QED) is 0.712. The van der Waals surface area contributed by atoms with Crippen LogP contribution in [0.25, 0.3) is 5.57 Å². The zero-order chi connectivity index (χ0) is 18.6. The number of carbonyl (C=O) groups excluding carboxylic acids is 1. The van der Waals surface area contributed by atoms with Gasteiger partial charge in [0.05, 0.1) is 13.3 Å². The summed E-state index contributed by atoms with van der Waals surface area (Å²) in [6, 6.07) is 5.91. The lowest BCUT2D eigenvalue weighted by molar-refractivity contribution is -0.110. The second-order valence-electron chi connectivity index (χ2n) is 8.06. The molecule has 1 saturated heterocycles. The molecule has 27 heavy (non-hydrogen) atoms. The lowest BCUT2D eigenvalue weighted by Gasteiger charge is -2.24. The van der Waals surface area contributed by atoms with Gasteiger partial charge in [-0.15, -0.1) is 0 Å². The first-order valence-electron chi connectivity index (χ1n) is 10.5. The summed E-state index contributed by atoms with van der Waals surface area (Å²) in [5.41, 5.74) is 2.55. The number of nitrogens with one attached hydrogen (secondary N) is 3. The number of rotatable bonds is 3. The predicted molar refractivity (Wildman–Crippen MR) is 109 cm³/mol. The molecule has 2 fully saturated rings. The van der Waals surface area contributed by atoms with Crippen LogP contribution >= 0.6 is 0 Å². The van der Waals surface area contributed by atoms with E-state index >= 15 is 0 Å². The van der Waals surface area contributed by atoms with Gasteiger partial charge in [-0.3, -0.25) is 15.4 Å². The molecule has 1 aromatic carbocycles. The molecule has 5 nitrogen and oxygen atoms in total. The number of methoxy groups -OCH3 is 1. The Labute approximate surface area is 161 Å². The van der Waals surface area contributed by atoms with Gasteiger partial charge in [0.25, 0.3) is 5.91 Å². The first-order chi connectivity index (χ1) is 13.2. The van der Waals surface area contributed by atoms with E-state index in [0.29, 0.717) is 12.1 Å². The summed E-state index contributed by atoms with van der Waals surface area (Å²) in [5, 5.41) is 10.4. The van der Waals surface area contributed by atoms with Crippen molar-refractivity contribution in [1.82, 2.24) is 10.6 Å². The van der Waals surface area contributed by atoms with Crippen molar-refractivity contribution in [2.75, 3.05) is 19.0 Å². The van der Waals surface area contributed by atoms with E-state index in [1.807, 2.05) is 18.2 Å². The number of carbonyl (C=O) groups is 1. The topological polar surface area (TPSA) is 62.4 Å². The van der Waals surface area contributed by atoms with E-state index in [1.54, 1.807) is 7.11 Å². The molecule has 0 bridgehead atoms. The minimum absolute atomic E-state index is 0.0223. The van der Waals surface area contributed by atoms with Crippen LogP contribution < -0.4 is 20.7 Å². The van der Waals surface area contributed by atoms with Crippen LogP contribution in [0.15, 0.2) is 24.3 Å². The summed E-state index contributed by atoms with van der Waals surface area (Å²) in [7, 11) is 1.65. The van der Waals surface area contributed by atoms with Crippen LogP contribution in [-0.2, 0) is 4.79 Å². The fourth-order valence-electron chi connectivity index (χ4n) is 4.67. The molecule has 4 rings (SSSR count). The summed E-state index contributed by atoms with van der Waals surface area (Å²) >= 11 is 0. The highest BCUT2D eigenvalue weighted by Gasteiger charge is 2.31. The Hall–Kier alpha value is -1.85. The number of amides is 1. The molecule has 2 atom stereocenters. The van der Waals surface area contributed by atoms with E-state index in [4.69, 9.17) is 4.74 Å². The Balaban J connectivity index is 1.45. The van der Waals surface area contributed by atoms with Gasteiger partial charge in [0.2, 0.25) is 0 Å². The Morgan fingerprint density at radius 1 is 1.07 bits per heavy atom. The van der Waals surface area contributed by atoms with Crippen LogP contribution in [0.3, 0.4) is 0 Å². The van der Waals surface area contributed by atoms with Crippen LogP contribution in [0.5, 0.6) is 5.75 Å². The summed E-state index contributed by atoms with van der Waals surface area (Å²) in [4.78, 5) is 12.5. The van der Waals surface area contributed by atoms with Gasteiger partial charge in [-0.1, -0.05) is 44.6 Å². The Bertz CT molecular complexity index is 706. The van der Waals surface area contributed by atoms with Crippen LogP contribution in [0.2, 0.25) is 0 Å². The first-order valence-corrected chi connectivity index (χ1v) is 10.5. The molecule has 146 valence electrons. The number of benzene rings is 1. The Morgan fingerprint density at radius 2 is 1.81 bits per heavy atom. The average Bonchev–Trinajstić information content (AvgIpc) is 3.29. The third-order valence-corrected chi connectivity index (χ3v) is 6.20. The molecule has 3 aliphatic rings. The third kappa shape index (κ3) is 4.19. The second kappa shape index (κ2) is 8.44. The molecule has 2 heterocycles. The van der Waals surface area contributed by atoms with Gasteiger partial charge in [0, 0.05) is 29.4 Å². The maximum Gasteiger partial charge on any atom is 0.256 e. The van der Waals surface area contributed by atoms with E-state index in [2.05, 4.69) is 22.0 Å². The van der Waals surface area contributed by atoms with Crippen molar-refractivity contribution in [2.45, 2.75) is 63.6 Å². The fourth-order valence-corrected chi connectivity index (χ4v) is 4.67. The van der Waals surface area contributed by atoms with Gasteiger partial charge in [0.15, 0.2) is 0 Å². The lowest BCUT2D eigenvalue weighted by Crippen LogP contribution is -2.40. The zero-order valence-corrected chi connectivity index (χ0v) is 16.2. The zero-order valence-electron chi connectivity index (χ0n) is 16.2. The van der Waals surface area contributed by atoms with Gasteiger partial charge < -0.3 is 10.1 Å². The molecule has 5 heteroatoms. The Kier molecular flexibility index (Phi) is 5.79. The molecule has 1 aliphatic carbocycles. The van der Waals surface area contributed by atoms with Gasteiger partial charge in [-0.2, -0.15) is 0 Å². The lowest BCUT2D eigenvalue weighted by atomic mass is 9.94. The van der Waals surface area contributed by atoms with Crippen molar-refractivity contribution in [1.29, 1.82) is 0 Å². The molecule has 1 saturated carbocycles. The van der Waals surface area contributed by atoms with Gasteiger partial charge >= 0.3 is 0 Å². The monoisotopic (exact) mass is 369 g/mol. The highest BCUT2D eigenvalue weighted by Crippen LogP contribution is 2.35. The maximum atomic E-state index is 12.5. The van der Waals surface area contributed by atoms with Gasteiger partial charge in [-0.05, 0) is 37.0 Å². The molecule has 3 N–H and O–H groups in total. The van der Waals surface area contributed by atoms with Crippen molar-refractivity contribution in [3.63, 3.8) is 0 Å². The minimum atomic E-state index is -0.0223. The summed E-state index contributed by atoms with van der Waals surface area (Å²) in [5.74, 6) is 1.44. The molecule has 1 amide bonds. The molecule has 2 aliphatic heterocycles. The van der Waals surface area contributed by atoms with Crippen molar-refractivity contribution >= 4 is 17.2 Å². The van der Waals surface area contributed by atoms with E-state index in [9.17, 15) is 4.79 Å². The highest BCUT2D eigenvalue weighted by atomic mass is 16.5. The number of ether oxygens (including phenoxy) is 1. The molecule has 2 unspecified atom stereocenters. The smallest absolute Gasteiger partial charge is 0.256 e. The molecular formula is C22H31N3O2. The van der Waals surface area contributed by atoms with Gasteiger partial charge in [0.1, 0.15) is 5.75 Å². The molecule has 1 aromatic rings. The van der Waals surface area contributed by atoms with E-state index in [-0.39, 0.29) is 11.9 Å². The molecule has 0 spiro atoms. The van der Waals surface area contributed by atoms with E-state index < -0.39 is 0 Å². The predicted octanol–water partition coefficient (Wildman–Crippen LogP) is 3.67. The van der Waals surface area contributed by atoms with Crippen molar-refractivity contribution in [3.8, 4) is 5.75 Å². The highest BCUT2D eigenvalue weighted by molar-refractivity contribution is 6.31. The van der Waals surface area contributed by atoms with E-state index in [1.165, 1.54) is 51.4 Å². The molecule has 0 radical (unpaired) electrons. The maximum absolute atomic E-state index is 12.5. The number of hydrogen-bond donors (Lipinski definition) is 3. The average molecular weight is 370 g/mol. The molecule has 0 aromatic heterocycles. The van der Waals surface area contributed by atoms with Crippen LogP contribution in [-0.4, -0.2) is 31.8 Å². The molecular weight excluding hydrogens is 338 g/mol. The standard InChI is InChI=1S/C22H31N3O2/c1-27-17-10-11-20-18(13-17)19(22(26)25-20)12-16-14-23-21(24-16)15-8-6-4-2-3-5-7-9-15/h10-13,15-16,21,23-24H,2-9,14H2,1H3,(H,25,26)/b19-12-. The van der Waals surface area contributed by atoms with Gasteiger partial charge in [-0.25, -0.2) is 0 Å². The second-order valence-corrected chi connectivity index (χ2v) is 8.06. The van der Waals surface area contributed by atoms with Crippen molar-refractivity contribution in [2.24, 2.45) is 5.92 Å². The third-order valence-electron chi connectivity index (χ3n) is 6.20. The summed E-state index contributed by atoms with van der Waals surface area (Å²) in [6.07, 6.45) is 13.3.